The lowest BCUT2D eigenvalue weighted by Crippen LogP contribution is -2.46. The minimum Gasteiger partial charge on any atom is -0.480 e. The van der Waals surface area contributed by atoms with Crippen molar-refractivity contribution in [1.82, 2.24) is 10.2 Å². The molecule has 0 spiro atoms. The highest BCUT2D eigenvalue weighted by Crippen LogP contribution is 2.11. The van der Waals surface area contributed by atoms with Crippen LogP contribution in [-0.4, -0.2) is 128 Å². The van der Waals surface area contributed by atoms with Gasteiger partial charge in [0.2, 0.25) is 5.91 Å². The highest BCUT2D eigenvalue weighted by molar-refractivity contribution is 7.80. The molecule has 13 nitrogen and oxygen atoms in total. The fourth-order valence-corrected chi connectivity index (χ4v) is 4.43. The molecule has 0 aromatic heterocycles. The predicted molar refractivity (Wildman–Crippen MR) is 164 cm³/mol. The molecule has 0 rings (SSSR count). The van der Waals surface area contributed by atoms with Gasteiger partial charge in [-0.25, -0.2) is 0 Å². The van der Waals surface area contributed by atoms with Gasteiger partial charge in [0.15, 0.2) is 0 Å². The Morgan fingerprint density at radius 3 is 1.56 bits per heavy atom. The molecule has 4 N–H and O–H groups in total. The molecule has 0 radical (unpaired) electrons. The van der Waals surface area contributed by atoms with E-state index in [9.17, 15) is 24.3 Å². The van der Waals surface area contributed by atoms with Crippen molar-refractivity contribution >= 4 is 36.4 Å². The lowest BCUT2D eigenvalue weighted by molar-refractivity contribution is -0.149. The zero-order valence-corrected chi connectivity index (χ0v) is 26.4. The fourth-order valence-electron chi connectivity index (χ4n) is 4.21. The topological polar surface area (TPSA) is 181 Å². The van der Waals surface area contributed by atoms with Gasteiger partial charge in [-0.1, -0.05) is 44.9 Å². The quantitative estimate of drug-likeness (QED) is 0.0525. The van der Waals surface area contributed by atoms with Crippen LogP contribution in [-0.2, 0) is 38.1 Å². The molecule has 0 aliphatic carbocycles. The summed E-state index contributed by atoms with van der Waals surface area (Å²) in [6.07, 6.45) is 12.2. The van der Waals surface area contributed by atoms with Crippen LogP contribution in [0.5, 0.6) is 0 Å². The Bertz CT molecular complexity index is 715. The van der Waals surface area contributed by atoms with Gasteiger partial charge in [-0.2, -0.15) is 12.6 Å². The van der Waals surface area contributed by atoms with Crippen LogP contribution in [0.1, 0.15) is 77.0 Å². The van der Waals surface area contributed by atoms with E-state index in [4.69, 9.17) is 29.2 Å². The van der Waals surface area contributed by atoms with Crippen LogP contribution in [0.2, 0.25) is 0 Å². The first-order chi connectivity index (χ1) is 20.8. The lowest BCUT2D eigenvalue weighted by atomic mass is 10.1. The monoisotopic (exact) mass is 638 g/mol. The van der Waals surface area contributed by atoms with Crippen molar-refractivity contribution in [3.63, 3.8) is 0 Å². The Labute approximate surface area is 261 Å². The number of thiol groups is 1. The van der Waals surface area contributed by atoms with Crippen molar-refractivity contribution < 1.29 is 53.4 Å². The summed E-state index contributed by atoms with van der Waals surface area (Å²) >= 11 is 4.23. The Kier molecular flexibility index (Phi) is 28.7. The van der Waals surface area contributed by atoms with Crippen LogP contribution in [0.4, 0.5) is 0 Å². The second-order valence-corrected chi connectivity index (χ2v) is 10.6. The Balaban J connectivity index is 3.55. The van der Waals surface area contributed by atoms with Crippen LogP contribution in [0, 0.1) is 0 Å². The largest absolute Gasteiger partial charge is 0.480 e. The molecule has 0 aromatic carbocycles. The number of hydrogen-bond donors (Lipinski definition) is 5. The molecule has 0 bridgehead atoms. The second-order valence-electron chi connectivity index (χ2n) is 10.2. The fraction of sp³-hybridized carbons (Fsp3) is 0.862. The molecular formula is C29H54N2O11S. The number of nitrogens with one attached hydrogen (secondary N) is 1. The number of amides is 1. The maximum atomic E-state index is 11.9. The van der Waals surface area contributed by atoms with E-state index in [-0.39, 0.29) is 32.1 Å². The first kappa shape index (κ1) is 41.0. The molecule has 1 unspecified atom stereocenters. The van der Waals surface area contributed by atoms with E-state index in [1.165, 1.54) is 51.4 Å². The van der Waals surface area contributed by atoms with E-state index in [2.05, 4.69) is 17.9 Å². The van der Waals surface area contributed by atoms with E-state index in [0.717, 1.165) is 23.7 Å². The Hall–Kier alpha value is -1.97. The minimum absolute atomic E-state index is 0.0499. The van der Waals surface area contributed by atoms with E-state index in [1.54, 1.807) is 0 Å². The smallest absolute Gasteiger partial charge is 0.320 e. The molecule has 0 saturated heterocycles. The predicted octanol–water partition coefficient (Wildman–Crippen LogP) is 2.70. The van der Waals surface area contributed by atoms with Gasteiger partial charge in [0.1, 0.15) is 12.6 Å². The molecule has 43 heavy (non-hydrogen) atoms. The average Bonchev–Trinajstić information content (AvgIpc) is 2.94. The Morgan fingerprint density at radius 1 is 0.605 bits per heavy atom. The van der Waals surface area contributed by atoms with Gasteiger partial charge in [-0.05, 0) is 37.9 Å². The van der Waals surface area contributed by atoms with Crippen molar-refractivity contribution in [3.8, 4) is 0 Å². The van der Waals surface area contributed by atoms with Gasteiger partial charge in [-0.3, -0.25) is 24.1 Å². The summed E-state index contributed by atoms with van der Waals surface area (Å²) in [6.45, 7) is 2.03. The molecule has 0 aliphatic heterocycles. The SMILES string of the molecule is O=C(O)CN(CC(=O)O)C(CCCCNC(=O)COCCOCCOCCOCCCCCCCCCCCS)C(=O)O. The number of unbranched alkanes of at least 4 members (excludes halogenated alkanes) is 9. The molecule has 0 saturated carbocycles. The highest BCUT2D eigenvalue weighted by Gasteiger charge is 2.28. The van der Waals surface area contributed by atoms with Gasteiger partial charge >= 0.3 is 17.9 Å². The van der Waals surface area contributed by atoms with Gasteiger partial charge < -0.3 is 39.6 Å². The van der Waals surface area contributed by atoms with Crippen molar-refractivity contribution in [2.45, 2.75) is 83.1 Å². The summed E-state index contributed by atoms with van der Waals surface area (Å²) in [5.41, 5.74) is 0. The highest BCUT2D eigenvalue weighted by atomic mass is 32.1. The summed E-state index contributed by atoms with van der Waals surface area (Å²) in [7, 11) is 0. The first-order valence-electron chi connectivity index (χ1n) is 15.4. The molecule has 1 atom stereocenters. The Morgan fingerprint density at radius 2 is 1.07 bits per heavy atom. The molecule has 1 amide bonds. The number of aliphatic carboxylic acids is 3. The summed E-state index contributed by atoms with van der Waals surface area (Å²) in [4.78, 5) is 46.1. The third-order valence-electron chi connectivity index (χ3n) is 6.43. The van der Waals surface area contributed by atoms with Crippen molar-refractivity contribution in [3.05, 3.63) is 0 Å². The van der Waals surface area contributed by atoms with Gasteiger partial charge in [0.05, 0.1) is 52.7 Å². The third kappa shape index (κ3) is 28.6. The molecule has 0 aliphatic rings. The number of carboxylic acid groups (broad SMARTS) is 3. The molecule has 252 valence electrons. The van der Waals surface area contributed by atoms with Crippen LogP contribution in [0.3, 0.4) is 0 Å². The molecule has 0 heterocycles. The number of rotatable bonds is 33. The number of ether oxygens (including phenoxy) is 4. The zero-order chi connectivity index (χ0) is 32.0. The van der Waals surface area contributed by atoms with Crippen molar-refractivity contribution in [2.24, 2.45) is 0 Å². The van der Waals surface area contributed by atoms with Gasteiger partial charge in [0.25, 0.3) is 0 Å². The van der Waals surface area contributed by atoms with Gasteiger partial charge in [-0.15, -0.1) is 0 Å². The molecular weight excluding hydrogens is 584 g/mol. The van der Waals surface area contributed by atoms with E-state index < -0.39 is 37.0 Å². The summed E-state index contributed by atoms with van der Waals surface area (Å²) in [5.74, 6) is -3.25. The van der Waals surface area contributed by atoms with Crippen molar-refractivity contribution in [1.29, 1.82) is 0 Å². The summed E-state index contributed by atoms with van der Waals surface area (Å²) < 4.78 is 21.7. The lowest BCUT2D eigenvalue weighted by Gasteiger charge is -2.25. The second kappa shape index (κ2) is 30.1. The standard InChI is InChI=1S/C29H54N2O11S/c32-26(30-13-9-8-12-25(29(37)38)31(22-27(33)34)23-28(35)36)24-42-20-19-41-18-17-40-16-15-39-14-10-6-4-2-1-3-5-7-11-21-43/h25,43H,1-24H2,(H,30,32)(H,33,34)(H,35,36)(H,37,38). The molecule has 0 aromatic rings. The number of nitrogens with zero attached hydrogens (tertiary/aromatic N) is 1. The molecule has 0 fully saturated rings. The van der Waals surface area contributed by atoms with Gasteiger partial charge in [0, 0.05) is 13.2 Å². The van der Waals surface area contributed by atoms with Crippen LogP contribution < -0.4 is 5.32 Å². The van der Waals surface area contributed by atoms with E-state index in [0.29, 0.717) is 45.9 Å². The number of carbonyl (C=O) groups excluding carboxylic acids is 1. The average molecular weight is 639 g/mol. The summed E-state index contributed by atoms with van der Waals surface area (Å²) in [5, 5.41) is 29.9. The first-order valence-corrected chi connectivity index (χ1v) is 16.0. The maximum absolute atomic E-state index is 11.9. The number of carboxylic acids is 3. The minimum atomic E-state index is -1.31. The van der Waals surface area contributed by atoms with Crippen molar-refractivity contribution in [2.75, 3.05) is 78.2 Å². The van der Waals surface area contributed by atoms with Crippen LogP contribution in [0.15, 0.2) is 0 Å². The zero-order valence-electron chi connectivity index (χ0n) is 25.5. The van der Waals surface area contributed by atoms with E-state index in [1.807, 2.05) is 0 Å². The number of hydrogen-bond acceptors (Lipinski definition) is 10. The van der Waals surface area contributed by atoms with Crippen LogP contribution in [0.25, 0.3) is 0 Å². The molecule has 14 heteroatoms. The third-order valence-corrected chi connectivity index (χ3v) is 6.74. The van der Waals surface area contributed by atoms with E-state index >= 15 is 0 Å². The maximum Gasteiger partial charge on any atom is 0.320 e. The number of carbonyl (C=O) groups is 4. The normalized spacial score (nSPS) is 12.0. The summed E-state index contributed by atoms with van der Waals surface area (Å²) in [6, 6.07) is -1.25. The van der Waals surface area contributed by atoms with Crippen LogP contribution >= 0.6 is 12.6 Å².